The Bertz CT molecular complexity index is 1140. The van der Waals surface area contributed by atoms with Gasteiger partial charge in [-0.15, -0.1) is 0 Å². The summed E-state index contributed by atoms with van der Waals surface area (Å²) in [5.41, 5.74) is 8.83. The van der Waals surface area contributed by atoms with Crippen LogP contribution in [0.4, 0.5) is 5.69 Å². The average molecular weight is 470 g/mol. The fourth-order valence-corrected chi connectivity index (χ4v) is 3.70. The van der Waals surface area contributed by atoms with Crippen LogP contribution in [0.1, 0.15) is 31.1 Å². The van der Waals surface area contributed by atoms with Gasteiger partial charge in [0.05, 0.1) is 29.4 Å². The lowest BCUT2D eigenvalue weighted by molar-refractivity contribution is 0.0601. The molecule has 2 aromatic carbocycles. The molecule has 0 amide bonds. The Hall–Kier alpha value is -3.13. The van der Waals surface area contributed by atoms with E-state index in [1.165, 1.54) is 13.4 Å². The minimum atomic E-state index is -0.434. The quantitative estimate of drug-likeness (QED) is 0.249. The number of aromatic nitrogens is 2. The van der Waals surface area contributed by atoms with Crippen molar-refractivity contribution in [3.63, 3.8) is 0 Å². The number of hydrazone groups is 1. The number of hydrogen-bond acceptors (Lipinski definition) is 5. The average Bonchev–Trinajstić information content (AvgIpc) is 3.09. The summed E-state index contributed by atoms with van der Waals surface area (Å²) in [4.78, 5) is 17.1. The van der Waals surface area contributed by atoms with Crippen molar-refractivity contribution in [2.75, 3.05) is 12.1 Å². The molecule has 8 heteroatoms. The third kappa shape index (κ3) is 3.95. The molecule has 0 aliphatic heterocycles. The summed E-state index contributed by atoms with van der Waals surface area (Å²) >= 11 is 3.52. The number of benzene rings is 2. The Morgan fingerprint density at radius 3 is 2.63 bits per heavy atom. The number of methoxy groups -OCH3 is 1. The van der Waals surface area contributed by atoms with Gasteiger partial charge in [-0.3, -0.25) is 0 Å². The van der Waals surface area contributed by atoms with Crippen LogP contribution >= 0.6 is 15.9 Å². The first kappa shape index (κ1) is 21.6. The van der Waals surface area contributed by atoms with Crippen molar-refractivity contribution < 1.29 is 9.53 Å². The van der Waals surface area contributed by atoms with Gasteiger partial charge < -0.3 is 15.0 Å². The molecule has 0 aliphatic rings. The van der Waals surface area contributed by atoms with Gasteiger partial charge in [0.1, 0.15) is 12.2 Å². The Kier molecular flexibility index (Phi) is 5.98. The largest absolute Gasteiger partial charge is 0.465 e. The fourth-order valence-electron chi connectivity index (χ4n) is 3.35. The van der Waals surface area contributed by atoms with Crippen molar-refractivity contribution >= 4 is 45.0 Å². The number of fused-ring (bicyclic) bond motifs is 1. The molecule has 0 saturated heterocycles. The first-order valence-corrected chi connectivity index (χ1v) is 10.1. The predicted molar refractivity (Wildman–Crippen MR) is 125 cm³/mol. The van der Waals surface area contributed by atoms with Crippen LogP contribution in [-0.4, -0.2) is 29.0 Å². The van der Waals surface area contributed by atoms with Crippen LogP contribution in [0.25, 0.3) is 22.4 Å². The monoisotopic (exact) mass is 469 g/mol. The third-order valence-corrected chi connectivity index (χ3v) is 5.05. The van der Waals surface area contributed by atoms with Gasteiger partial charge in [-0.05, 0) is 57.2 Å². The highest BCUT2D eigenvalue weighted by Gasteiger charge is 2.26. The van der Waals surface area contributed by atoms with E-state index < -0.39 is 5.97 Å². The second-order valence-electron chi connectivity index (χ2n) is 7.59. The van der Waals surface area contributed by atoms with Gasteiger partial charge in [-0.2, -0.15) is 5.10 Å². The van der Waals surface area contributed by atoms with Gasteiger partial charge in [0.2, 0.25) is 0 Å². The highest BCUT2D eigenvalue weighted by molar-refractivity contribution is 9.10. The molecule has 0 atom stereocenters. The van der Waals surface area contributed by atoms with E-state index in [9.17, 15) is 4.79 Å². The maximum atomic E-state index is 12.2. The van der Waals surface area contributed by atoms with Gasteiger partial charge in [-0.1, -0.05) is 22.5 Å². The van der Waals surface area contributed by atoms with E-state index in [1.54, 1.807) is 29.4 Å². The molecule has 7 nitrogen and oxygen atoms in total. The van der Waals surface area contributed by atoms with Gasteiger partial charge in [0.25, 0.3) is 0 Å². The molecule has 3 rings (SSSR count). The number of hydrogen-bond donors (Lipinski definition) is 1. The van der Waals surface area contributed by atoms with Gasteiger partial charge in [-0.25, -0.2) is 14.8 Å². The Morgan fingerprint density at radius 2 is 2.03 bits per heavy atom. The van der Waals surface area contributed by atoms with Crippen LogP contribution in [0.5, 0.6) is 0 Å². The number of halogens is 1. The van der Waals surface area contributed by atoms with Crippen LogP contribution in [-0.2, 0) is 10.3 Å². The zero-order valence-electron chi connectivity index (χ0n) is 17.4. The number of anilines is 1. The number of imidazole rings is 1. The smallest absolute Gasteiger partial charge is 0.337 e. The lowest BCUT2D eigenvalue weighted by atomic mass is 10.0. The number of ether oxygens (including phenoxy) is 1. The molecule has 0 unspecified atom stereocenters. The minimum absolute atomic E-state index is 0.285. The Morgan fingerprint density at radius 1 is 1.30 bits per heavy atom. The van der Waals surface area contributed by atoms with E-state index in [4.69, 9.17) is 15.5 Å². The topological polar surface area (TPSA) is 85.7 Å². The highest BCUT2D eigenvalue weighted by atomic mass is 79.9. The summed E-state index contributed by atoms with van der Waals surface area (Å²) in [6.45, 7) is 10.1. The minimum Gasteiger partial charge on any atom is -0.465 e. The van der Waals surface area contributed by atoms with Crippen LogP contribution in [0, 0.1) is 0 Å². The molecule has 1 heterocycles. The SMILES string of the molecule is C=CN(/N=C\N)c1ccc(C(=O)OC)cc1-c1nc2cc(Br)ccc2n1C(C)(C)C. The molecule has 0 bridgehead atoms. The molecule has 0 fully saturated rings. The second kappa shape index (κ2) is 8.31. The molecule has 3 aromatic rings. The summed E-state index contributed by atoms with van der Waals surface area (Å²) in [6.07, 6.45) is 2.73. The number of carbonyl (C=O) groups excluding carboxylic acids is 1. The maximum Gasteiger partial charge on any atom is 0.337 e. The molecular formula is C22H24BrN5O2. The van der Waals surface area contributed by atoms with Crippen molar-refractivity contribution in [3.05, 3.63) is 59.2 Å². The van der Waals surface area contributed by atoms with E-state index in [2.05, 4.69) is 52.9 Å². The number of nitrogens with two attached hydrogens (primary N) is 1. The van der Waals surface area contributed by atoms with Gasteiger partial charge >= 0.3 is 5.97 Å². The van der Waals surface area contributed by atoms with E-state index in [1.807, 2.05) is 18.2 Å². The lowest BCUT2D eigenvalue weighted by Gasteiger charge is -2.26. The Balaban J connectivity index is 2.41. The van der Waals surface area contributed by atoms with Crippen molar-refractivity contribution in [2.24, 2.45) is 10.8 Å². The van der Waals surface area contributed by atoms with Gasteiger partial charge in [0.15, 0.2) is 0 Å². The van der Waals surface area contributed by atoms with Crippen LogP contribution in [0.2, 0.25) is 0 Å². The van der Waals surface area contributed by atoms with E-state index in [0.29, 0.717) is 22.6 Å². The van der Waals surface area contributed by atoms with Crippen molar-refractivity contribution in [3.8, 4) is 11.4 Å². The summed E-state index contributed by atoms with van der Waals surface area (Å²) < 4.78 is 7.99. The van der Waals surface area contributed by atoms with Crippen LogP contribution < -0.4 is 10.7 Å². The molecule has 0 aliphatic carbocycles. The molecular weight excluding hydrogens is 446 g/mol. The normalized spacial score (nSPS) is 11.8. The fraction of sp³-hybridized carbons (Fsp3) is 0.227. The van der Waals surface area contributed by atoms with Crippen molar-refractivity contribution in [1.29, 1.82) is 0 Å². The summed E-state index contributed by atoms with van der Waals surface area (Å²) in [7, 11) is 1.35. The zero-order chi connectivity index (χ0) is 22.1. The first-order valence-electron chi connectivity index (χ1n) is 9.28. The summed E-state index contributed by atoms with van der Waals surface area (Å²) in [5, 5.41) is 5.70. The van der Waals surface area contributed by atoms with Crippen molar-refractivity contribution in [1.82, 2.24) is 9.55 Å². The predicted octanol–water partition coefficient (Wildman–Crippen LogP) is 4.86. The van der Waals surface area contributed by atoms with Crippen LogP contribution in [0.3, 0.4) is 0 Å². The molecule has 30 heavy (non-hydrogen) atoms. The lowest BCUT2D eigenvalue weighted by Crippen LogP contribution is -2.23. The molecule has 2 N–H and O–H groups in total. The molecule has 1 aromatic heterocycles. The van der Waals surface area contributed by atoms with Crippen LogP contribution in [0.15, 0.2) is 58.8 Å². The van der Waals surface area contributed by atoms with E-state index in [-0.39, 0.29) is 5.54 Å². The molecule has 0 radical (unpaired) electrons. The second-order valence-corrected chi connectivity index (χ2v) is 8.51. The van der Waals surface area contributed by atoms with E-state index in [0.717, 1.165) is 15.5 Å². The number of carbonyl (C=O) groups is 1. The number of nitrogens with zero attached hydrogens (tertiary/aromatic N) is 4. The number of rotatable bonds is 5. The Labute approximate surface area is 184 Å². The van der Waals surface area contributed by atoms with Crippen molar-refractivity contribution in [2.45, 2.75) is 26.3 Å². The molecule has 0 spiro atoms. The standard InChI is InChI=1S/C22H24BrN5O2/c1-6-27(25-13-24)18-9-7-14(21(29)30-5)11-16(18)20-26-17-12-15(23)8-10-19(17)28(20)22(2,3)4/h6-13H,1H2,2-5H3,(H2,24,25). The maximum absolute atomic E-state index is 12.2. The third-order valence-electron chi connectivity index (χ3n) is 4.56. The zero-order valence-corrected chi connectivity index (χ0v) is 19.0. The molecule has 156 valence electrons. The van der Waals surface area contributed by atoms with Gasteiger partial charge in [0, 0.05) is 21.8 Å². The van der Waals surface area contributed by atoms with E-state index >= 15 is 0 Å². The first-order chi connectivity index (χ1) is 14.2. The number of esters is 1. The highest BCUT2D eigenvalue weighted by Crippen LogP contribution is 2.38. The summed E-state index contributed by atoms with van der Waals surface area (Å²) in [5.74, 6) is 0.256. The summed E-state index contributed by atoms with van der Waals surface area (Å²) in [6, 6.07) is 11.2. The molecule has 0 saturated carbocycles.